The van der Waals surface area contributed by atoms with Crippen molar-refractivity contribution in [2.45, 2.75) is 26.1 Å². The lowest BCUT2D eigenvalue weighted by Crippen LogP contribution is -2.37. The molecule has 8 nitrogen and oxygen atoms in total. The monoisotopic (exact) mass is 398 g/mol. The van der Waals surface area contributed by atoms with Crippen LogP contribution >= 0.6 is 0 Å². The number of non-ortho nitro benzene ring substituents is 1. The number of carbonyl (C=O) groups excluding carboxylic acids is 1. The zero-order chi connectivity index (χ0) is 20.6. The van der Waals surface area contributed by atoms with Crippen LogP contribution in [0.4, 0.5) is 10.5 Å². The van der Waals surface area contributed by atoms with E-state index in [-0.39, 0.29) is 17.8 Å². The summed E-state index contributed by atoms with van der Waals surface area (Å²) >= 11 is 0. The van der Waals surface area contributed by atoms with E-state index < -0.39 is 4.92 Å². The fraction of sp³-hybridized carbons (Fsp3) is 0.381. The summed E-state index contributed by atoms with van der Waals surface area (Å²) in [5.41, 5.74) is 2.94. The van der Waals surface area contributed by atoms with E-state index >= 15 is 0 Å². The number of nitro groups is 1. The maximum Gasteiger partial charge on any atom is 0.315 e. The van der Waals surface area contributed by atoms with Crippen molar-refractivity contribution in [3.63, 3.8) is 0 Å². The molecule has 2 N–H and O–H groups in total. The van der Waals surface area contributed by atoms with Crippen molar-refractivity contribution >= 4 is 11.7 Å². The minimum absolute atomic E-state index is 0.00796. The molecule has 3 rings (SSSR count). The van der Waals surface area contributed by atoms with Gasteiger partial charge in [-0.05, 0) is 23.6 Å². The number of hydrogen-bond donors (Lipinski definition) is 2. The molecular weight excluding hydrogens is 372 g/mol. The predicted octanol–water partition coefficient (Wildman–Crippen LogP) is 2.99. The minimum atomic E-state index is -0.443. The van der Waals surface area contributed by atoms with E-state index in [9.17, 15) is 14.9 Å². The average Bonchev–Trinajstić information content (AvgIpc) is 2.74. The Hall–Kier alpha value is -2.97. The molecule has 0 aromatic heterocycles. The first-order valence-corrected chi connectivity index (χ1v) is 9.68. The maximum atomic E-state index is 12.3. The number of carbonyl (C=O) groups is 1. The Bertz CT molecular complexity index is 852. The Labute approximate surface area is 170 Å². The van der Waals surface area contributed by atoms with Crippen LogP contribution in [0.25, 0.3) is 0 Å². The van der Waals surface area contributed by atoms with Gasteiger partial charge in [0.05, 0.1) is 24.2 Å². The van der Waals surface area contributed by atoms with E-state index in [1.54, 1.807) is 19.1 Å². The number of amides is 2. The Balaban J connectivity index is 1.55. The zero-order valence-electron chi connectivity index (χ0n) is 16.5. The normalized spacial score (nSPS) is 15.5. The first-order valence-electron chi connectivity index (χ1n) is 9.68. The standard InChI is InChI=1S/C21H26N4O4/c1-16(17-7-4-8-20(13-17)25(27)28)23-21(26)22-14-18-5-2-3-6-19(18)15-24-9-11-29-12-10-24/h2-8,13,16H,9-12,14-15H2,1H3,(H2,22,23,26). The smallest absolute Gasteiger partial charge is 0.315 e. The third-order valence-electron chi connectivity index (χ3n) is 4.98. The van der Waals surface area contributed by atoms with Gasteiger partial charge < -0.3 is 15.4 Å². The van der Waals surface area contributed by atoms with Gasteiger partial charge in [-0.15, -0.1) is 0 Å². The van der Waals surface area contributed by atoms with Crippen molar-refractivity contribution in [2.24, 2.45) is 0 Å². The second kappa shape index (κ2) is 9.99. The van der Waals surface area contributed by atoms with Gasteiger partial charge in [0, 0.05) is 38.3 Å². The molecule has 0 aliphatic carbocycles. The summed E-state index contributed by atoms with van der Waals surface area (Å²) in [6.07, 6.45) is 0. The van der Waals surface area contributed by atoms with Gasteiger partial charge >= 0.3 is 6.03 Å². The van der Waals surface area contributed by atoms with Crippen molar-refractivity contribution in [1.29, 1.82) is 0 Å². The fourth-order valence-electron chi connectivity index (χ4n) is 3.30. The Morgan fingerprint density at radius 1 is 1.17 bits per heavy atom. The summed E-state index contributed by atoms with van der Waals surface area (Å²) in [6.45, 7) is 6.34. The molecule has 29 heavy (non-hydrogen) atoms. The van der Waals surface area contributed by atoms with Crippen LogP contribution in [0.3, 0.4) is 0 Å². The highest BCUT2D eigenvalue weighted by molar-refractivity contribution is 5.74. The number of nitrogens with one attached hydrogen (secondary N) is 2. The SMILES string of the molecule is CC(NC(=O)NCc1ccccc1CN1CCOCC1)c1cccc([N+](=O)[O-])c1. The second-order valence-corrected chi connectivity index (χ2v) is 7.06. The highest BCUT2D eigenvalue weighted by Gasteiger charge is 2.15. The molecule has 0 bridgehead atoms. The molecule has 0 saturated carbocycles. The summed E-state index contributed by atoms with van der Waals surface area (Å²) in [5, 5.41) is 16.6. The van der Waals surface area contributed by atoms with Crippen LogP contribution in [0.5, 0.6) is 0 Å². The van der Waals surface area contributed by atoms with Crippen LogP contribution in [0.1, 0.15) is 29.7 Å². The Kier molecular flexibility index (Phi) is 7.15. The largest absolute Gasteiger partial charge is 0.379 e. The van der Waals surface area contributed by atoms with E-state index in [4.69, 9.17) is 4.74 Å². The van der Waals surface area contributed by atoms with Crippen LogP contribution in [-0.2, 0) is 17.8 Å². The van der Waals surface area contributed by atoms with Gasteiger partial charge in [-0.25, -0.2) is 4.79 Å². The van der Waals surface area contributed by atoms with Crippen LogP contribution < -0.4 is 10.6 Å². The number of nitro benzene ring substituents is 1. The highest BCUT2D eigenvalue weighted by atomic mass is 16.6. The molecule has 1 aliphatic rings. The number of morpholine rings is 1. The number of ether oxygens (including phenoxy) is 1. The number of nitrogens with zero attached hydrogens (tertiary/aromatic N) is 2. The first-order chi connectivity index (χ1) is 14.0. The Morgan fingerprint density at radius 2 is 1.90 bits per heavy atom. The van der Waals surface area contributed by atoms with Crippen molar-refractivity contribution < 1.29 is 14.5 Å². The van der Waals surface area contributed by atoms with Crippen LogP contribution in [0, 0.1) is 10.1 Å². The van der Waals surface area contributed by atoms with Gasteiger partial charge in [0.1, 0.15) is 0 Å². The molecule has 1 heterocycles. The van der Waals surface area contributed by atoms with Gasteiger partial charge in [-0.3, -0.25) is 15.0 Å². The van der Waals surface area contributed by atoms with Gasteiger partial charge in [-0.2, -0.15) is 0 Å². The third kappa shape index (κ3) is 6.00. The minimum Gasteiger partial charge on any atom is -0.379 e. The van der Waals surface area contributed by atoms with Crippen LogP contribution in [-0.4, -0.2) is 42.2 Å². The van der Waals surface area contributed by atoms with Crippen molar-refractivity contribution in [2.75, 3.05) is 26.3 Å². The topological polar surface area (TPSA) is 96.7 Å². The number of hydrogen-bond acceptors (Lipinski definition) is 5. The molecule has 8 heteroatoms. The number of benzene rings is 2. The molecule has 2 aromatic carbocycles. The molecule has 2 aromatic rings. The molecule has 154 valence electrons. The number of rotatable bonds is 7. The van der Waals surface area contributed by atoms with Crippen molar-refractivity contribution in [3.8, 4) is 0 Å². The van der Waals surface area contributed by atoms with E-state index in [2.05, 4.69) is 21.6 Å². The molecule has 1 aliphatic heterocycles. The van der Waals surface area contributed by atoms with E-state index in [0.29, 0.717) is 12.1 Å². The van der Waals surface area contributed by atoms with Crippen molar-refractivity contribution in [1.82, 2.24) is 15.5 Å². The lowest BCUT2D eigenvalue weighted by Gasteiger charge is -2.27. The summed E-state index contributed by atoms with van der Waals surface area (Å²) in [4.78, 5) is 25.2. The van der Waals surface area contributed by atoms with Crippen LogP contribution in [0.2, 0.25) is 0 Å². The number of urea groups is 1. The maximum absolute atomic E-state index is 12.3. The van der Waals surface area contributed by atoms with Gasteiger partial charge in [0.2, 0.25) is 0 Å². The predicted molar refractivity (Wildman–Crippen MR) is 109 cm³/mol. The van der Waals surface area contributed by atoms with Crippen LogP contribution in [0.15, 0.2) is 48.5 Å². The molecule has 0 radical (unpaired) electrons. The first kappa shape index (κ1) is 20.8. The third-order valence-corrected chi connectivity index (χ3v) is 4.98. The molecule has 1 unspecified atom stereocenters. The fourth-order valence-corrected chi connectivity index (χ4v) is 3.30. The summed E-state index contributed by atoms with van der Waals surface area (Å²) < 4.78 is 5.40. The summed E-state index contributed by atoms with van der Waals surface area (Å²) in [5.74, 6) is 0. The van der Waals surface area contributed by atoms with E-state index in [1.807, 2.05) is 18.2 Å². The summed E-state index contributed by atoms with van der Waals surface area (Å²) in [7, 11) is 0. The molecular formula is C21H26N4O4. The van der Waals surface area contributed by atoms with Gasteiger partial charge in [0.25, 0.3) is 5.69 Å². The lowest BCUT2D eigenvalue weighted by atomic mass is 10.1. The molecule has 1 fully saturated rings. The highest BCUT2D eigenvalue weighted by Crippen LogP contribution is 2.19. The summed E-state index contributed by atoms with van der Waals surface area (Å²) in [6, 6.07) is 13.7. The van der Waals surface area contributed by atoms with E-state index in [0.717, 1.165) is 38.4 Å². The van der Waals surface area contributed by atoms with E-state index in [1.165, 1.54) is 17.7 Å². The van der Waals surface area contributed by atoms with Crippen molar-refractivity contribution in [3.05, 3.63) is 75.3 Å². The second-order valence-electron chi connectivity index (χ2n) is 7.06. The lowest BCUT2D eigenvalue weighted by molar-refractivity contribution is -0.384. The zero-order valence-corrected chi connectivity index (χ0v) is 16.5. The molecule has 2 amide bonds. The van der Waals surface area contributed by atoms with Gasteiger partial charge in [0.15, 0.2) is 0 Å². The average molecular weight is 398 g/mol. The van der Waals surface area contributed by atoms with Gasteiger partial charge in [-0.1, -0.05) is 36.4 Å². The molecule has 1 atom stereocenters. The Morgan fingerprint density at radius 3 is 2.62 bits per heavy atom. The quantitative estimate of drug-likeness (QED) is 0.552. The molecule has 1 saturated heterocycles. The molecule has 0 spiro atoms.